The molecule has 0 aromatic carbocycles. The number of nitrogens with zero attached hydrogens (tertiary/aromatic N) is 2. The van der Waals surface area contributed by atoms with Crippen LogP contribution in [0.4, 0.5) is 0 Å². The summed E-state index contributed by atoms with van der Waals surface area (Å²) in [6, 6.07) is 8.09. The zero-order valence-electron chi connectivity index (χ0n) is 6.62. The number of aryl methyl sites for hydroxylation is 1. The minimum Gasteiger partial charge on any atom is -0.191 e. The maximum atomic E-state index is 8.47. The molecule has 56 valence electrons. The monoisotopic (exact) mass is 147 g/mol. The van der Waals surface area contributed by atoms with Gasteiger partial charge in [0.2, 0.25) is 6.54 Å². The van der Waals surface area contributed by atoms with E-state index in [4.69, 9.17) is 5.26 Å². The summed E-state index contributed by atoms with van der Waals surface area (Å²) in [6.45, 7) is 2.53. The molecule has 0 amide bonds. The molecule has 0 aliphatic heterocycles. The molecule has 0 bridgehead atoms. The second kappa shape index (κ2) is 3.72. The molecule has 0 N–H and O–H groups in total. The summed E-state index contributed by atoms with van der Waals surface area (Å²) in [5, 5.41) is 8.47. The van der Waals surface area contributed by atoms with Crippen LogP contribution in [0.5, 0.6) is 0 Å². The number of hydrogen-bond acceptors (Lipinski definition) is 1. The zero-order valence-corrected chi connectivity index (χ0v) is 6.62. The third-order valence-corrected chi connectivity index (χ3v) is 1.64. The lowest BCUT2D eigenvalue weighted by atomic mass is 10.3. The topological polar surface area (TPSA) is 27.7 Å². The fourth-order valence-electron chi connectivity index (χ4n) is 1.06. The van der Waals surface area contributed by atoms with Gasteiger partial charge < -0.3 is 0 Å². The molecule has 0 saturated carbocycles. The van der Waals surface area contributed by atoms with E-state index < -0.39 is 0 Å². The van der Waals surface area contributed by atoms with Crippen LogP contribution in [0.3, 0.4) is 0 Å². The Kier molecular flexibility index (Phi) is 2.62. The van der Waals surface area contributed by atoms with E-state index >= 15 is 0 Å². The van der Waals surface area contributed by atoms with E-state index in [1.807, 2.05) is 29.0 Å². The lowest BCUT2D eigenvalue weighted by molar-refractivity contribution is -0.692. The molecular weight excluding hydrogens is 136 g/mol. The van der Waals surface area contributed by atoms with Crippen molar-refractivity contribution in [2.24, 2.45) is 0 Å². The molecule has 0 saturated heterocycles. The predicted molar refractivity (Wildman–Crippen MR) is 41.6 cm³/mol. The van der Waals surface area contributed by atoms with Gasteiger partial charge in [0.1, 0.15) is 6.07 Å². The van der Waals surface area contributed by atoms with E-state index in [1.54, 1.807) is 0 Å². The van der Waals surface area contributed by atoms with Crippen molar-refractivity contribution < 1.29 is 4.57 Å². The molecule has 0 radical (unpaired) electrons. The van der Waals surface area contributed by atoms with Crippen molar-refractivity contribution in [2.45, 2.75) is 19.9 Å². The van der Waals surface area contributed by atoms with Gasteiger partial charge in [0.25, 0.3) is 0 Å². The Bertz CT molecular complexity index is 273. The molecular formula is C9H11N2+. The third-order valence-electron chi connectivity index (χ3n) is 1.64. The van der Waals surface area contributed by atoms with Gasteiger partial charge in [0, 0.05) is 18.6 Å². The van der Waals surface area contributed by atoms with Crippen LogP contribution < -0.4 is 4.57 Å². The summed E-state index contributed by atoms with van der Waals surface area (Å²) in [7, 11) is 0. The van der Waals surface area contributed by atoms with E-state index in [0.29, 0.717) is 6.54 Å². The Morgan fingerprint density at radius 1 is 1.55 bits per heavy atom. The van der Waals surface area contributed by atoms with Gasteiger partial charge in [-0.25, -0.2) is 0 Å². The van der Waals surface area contributed by atoms with Crippen LogP contribution >= 0.6 is 0 Å². The maximum absolute atomic E-state index is 8.47. The van der Waals surface area contributed by atoms with Crippen LogP contribution in [0.25, 0.3) is 0 Å². The Hall–Kier alpha value is -1.36. The van der Waals surface area contributed by atoms with Crippen LogP contribution in [-0.2, 0) is 13.0 Å². The number of hydrogen-bond donors (Lipinski definition) is 0. The maximum Gasteiger partial charge on any atom is 0.234 e. The molecule has 0 aliphatic rings. The zero-order chi connectivity index (χ0) is 8.10. The Balaban J connectivity index is 2.94. The minimum atomic E-state index is 0.448. The van der Waals surface area contributed by atoms with E-state index in [1.165, 1.54) is 5.69 Å². The standard InChI is InChI=1S/C9H11N2/c1-2-9-5-3-4-7-11(9)8-6-10/h3-5,7H,2,8H2,1H3/q+1. The van der Waals surface area contributed by atoms with Gasteiger partial charge in [-0.05, 0) is 0 Å². The molecule has 1 rings (SSSR count). The normalized spacial score (nSPS) is 9.09. The van der Waals surface area contributed by atoms with Crippen LogP contribution in [0.15, 0.2) is 24.4 Å². The fraction of sp³-hybridized carbons (Fsp3) is 0.333. The smallest absolute Gasteiger partial charge is 0.191 e. The highest BCUT2D eigenvalue weighted by Crippen LogP contribution is 1.90. The van der Waals surface area contributed by atoms with Crippen molar-refractivity contribution in [3.63, 3.8) is 0 Å². The second-order valence-electron chi connectivity index (χ2n) is 2.33. The first kappa shape index (κ1) is 7.74. The van der Waals surface area contributed by atoms with Gasteiger partial charge >= 0.3 is 0 Å². The summed E-state index contributed by atoms with van der Waals surface area (Å²) in [6.07, 6.45) is 2.91. The summed E-state index contributed by atoms with van der Waals surface area (Å²) in [5.41, 5.74) is 1.20. The first-order valence-electron chi connectivity index (χ1n) is 3.72. The largest absolute Gasteiger partial charge is 0.234 e. The number of nitriles is 1. The molecule has 1 aromatic heterocycles. The van der Waals surface area contributed by atoms with Gasteiger partial charge in [0.05, 0.1) is 0 Å². The Labute approximate surface area is 66.7 Å². The molecule has 1 aromatic rings. The summed E-state index contributed by atoms with van der Waals surface area (Å²) in [5.74, 6) is 0. The van der Waals surface area contributed by atoms with Gasteiger partial charge in [-0.2, -0.15) is 9.83 Å². The molecule has 11 heavy (non-hydrogen) atoms. The van der Waals surface area contributed by atoms with Crippen LogP contribution in [0.2, 0.25) is 0 Å². The van der Waals surface area contributed by atoms with Gasteiger partial charge in [-0.3, -0.25) is 0 Å². The Morgan fingerprint density at radius 2 is 2.36 bits per heavy atom. The molecule has 2 heteroatoms. The lowest BCUT2D eigenvalue weighted by Gasteiger charge is -1.94. The first-order chi connectivity index (χ1) is 5.38. The highest BCUT2D eigenvalue weighted by atomic mass is 14.9. The lowest BCUT2D eigenvalue weighted by Crippen LogP contribution is -2.36. The molecule has 0 spiro atoms. The predicted octanol–water partition coefficient (Wildman–Crippen LogP) is 1.06. The fourth-order valence-corrected chi connectivity index (χ4v) is 1.06. The number of rotatable bonds is 2. The number of aromatic nitrogens is 1. The van der Waals surface area contributed by atoms with E-state index in [2.05, 4.69) is 13.0 Å². The van der Waals surface area contributed by atoms with E-state index in [-0.39, 0.29) is 0 Å². The summed E-state index contributed by atoms with van der Waals surface area (Å²) < 4.78 is 1.96. The van der Waals surface area contributed by atoms with Crippen molar-refractivity contribution >= 4 is 0 Å². The van der Waals surface area contributed by atoms with Gasteiger partial charge in [-0.1, -0.05) is 13.0 Å². The molecule has 2 nitrogen and oxygen atoms in total. The average molecular weight is 147 g/mol. The second-order valence-corrected chi connectivity index (χ2v) is 2.33. The Morgan fingerprint density at radius 3 is 3.00 bits per heavy atom. The van der Waals surface area contributed by atoms with Crippen LogP contribution in [-0.4, -0.2) is 0 Å². The van der Waals surface area contributed by atoms with E-state index in [9.17, 15) is 0 Å². The molecule has 0 atom stereocenters. The van der Waals surface area contributed by atoms with Crippen molar-refractivity contribution in [3.8, 4) is 6.07 Å². The highest BCUT2D eigenvalue weighted by molar-refractivity contribution is 4.96. The number of pyridine rings is 1. The highest BCUT2D eigenvalue weighted by Gasteiger charge is 2.04. The SMILES string of the molecule is CCc1cccc[n+]1CC#N. The van der Waals surface area contributed by atoms with E-state index in [0.717, 1.165) is 6.42 Å². The molecule has 0 aliphatic carbocycles. The van der Waals surface area contributed by atoms with Crippen molar-refractivity contribution in [1.82, 2.24) is 0 Å². The van der Waals surface area contributed by atoms with Crippen molar-refractivity contribution in [1.29, 1.82) is 5.26 Å². The molecule has 1 heterocycles. The first-order valence-corrected chi connectivity index (χ1v) is 3.72. The third kappa shape index (κ3) is 1.78. The van der Waals surface area contributed by atoms with Crippen molar-refractivity contribution in [3.05, 3.63) is 30.1 Å². The van der Waals surface area contributed by atoms with Crippen LogP contribution in [0.1, 0.15) is 12.6 Å². The van der Waals surface area contributed by atoms with Crippen LogP contribution in [0, 0.1) is 11.3 Å². The quantitative estimate of drug-likeness (QED) is 0.575. The average Bonchev–Trinajstić information content (AvgIpc) is 2.06. The van der Waals surface area contributed by atoms with Gasteiger partial charge in [0.15, 0.2) is 11.9 Å². The molecule has 0 unspecified atom stereocenters. The van der Waals surface area contributed by atoms with Gasteiger partial charge in [-0.15, -0.1) is 0 Å². The molecule has 0 fully saturated rings. The van der Waals surface area contributed by atoms with Crippen molar-refractivity contribution in [2.75, 3.05) is 0 Å². The summed E-state index contributed by atoms with van der Waals surface area (Å²) >= 11 is 0. The minimum absolute atomic E-state index is 0.448. The summed E-state index contributed by atoms with van der Waals surface area (Å²) in [4.78, 5) is 0.